The largest absolute Gasteiger partial charge is 0.334 e. The van der Waals surface area contributed by atoms with Crippen molar-refractivity contribution in [3.05, 3.63) is 35.9 Å². The summed E-state index contributed by atoms with van der Waals surface area (Å²) >= 11 is 0. The van der Waals surface area contributed by atoms with Crippen LogP contribution in [0.1, 0.15) is 18.4 Å². The summed E-state index contributed by atoms with van der Waals surface area (Å²) in [7, 11) is 0. The van der Waals surface area contributed by atoms with Crippen LogP contribution in [0.15, 0.2) is 30.3 Å². The Bertz CT molecular complexity index is 337. The quantitative estimate of drug-likeness (QED) is 0.802. The number of carbonyl (C=O) groups is 1. The highest BCUT2D eigenvalue weighted by atomic mass is 16.2. The molecular weight excluding hydrogens is 188 g/mol. The first-order valence-electron chi connectivity index (χ1n) is 5.34. The Morgan fingerprint density at radius 3 is 2.73 bits per heavy atom. The van der Waals surface area contributed by atoms with Crippen LogP contribution in [0.4, 0.5) is 0 Å². The normalized spacial score (nSPS) is 21.0. The summed E-state index contributed by atoms with van der Waals surface area (Å²) < 4.78 is 0. The lowest BCUT2D eigenvalue weighted by Gasteiger charge is -2.23. The molecule has 80 valence electrons. The number of likely N-dealkylation sites (tertiary alicyclic amines) is 1. The summed E-state index contributed by atoms with van der Waals surface area (Å²) in [5.74, 6) is 0.231. The van der Waals surface area contributed by atoms with E-state index in [0.29, 0.717) is 19.5 Å². The van der Waals surface area contributed by atoms with E-state index < -0.39 is 0 Å². The van der Waals surface area contributed by atoms with Crippen molar-refractivity contribution in [2.45, 2.75) is 25.4 Å². The standard InChI is InChI=1S/C12H16N2O/c13-8-11-6-7-12(15)14(11)9-10-4-2-1-3-5-10/h1-5,11H,6-9,13H2. The minimum absolute atomic E-state index is 0.231. The fraction of sp³-hybridized carbons (Fsp3) is 0.417. The Balaban J connectivity index is 2.07. The Morgan fingerprint density at radius 1 is 1.33 bits per heavy atom. The van der Waals surface area contributed by atoms with Crippen molar-refractivity contribution >= 4 is 5.91 Å². The number of nitrogens with zero attached hydrogens (tertiary/aromatic N) is 1. The van der Waals surface area contributed by atoms with E-state index in [0.717, 1.165) is 6.42 Å². The van der Waals surface area contributed by atoms with Crippen molar-refractivity contribution in [3.63, 3.8) is 0 Å². The molecule has 1 heterocycles. The molecule has 0 bridgehead atoms. The average Bonchev–Trinajstić information content (AvgIpc) is 2.62. The number of hydrogen-bond donors (Lipinski definition) is 1. The molecule has 1 aromatic carbocycles. The van der Waals surface area contributed by atoms with Crippen molar-refractivity contribution in [3.8, 4) is 0 Å². The van der Waals surface area contributed by atoms with Crippen molar-refractivity contribution < 1.29 is 4.79 Å². The number of nitrogens with two attached hydrogens (primary N) is 1. The Morgan fingerprint density at radius 2 is 2.07 bits per heavy atom. The third kappa shape index (κ3) is 2.18. The first-order chi connectivity index (χ1) is 7.31. The van der Waals surface area contributed by atoms with Crippen LogP contribution in [0.2, 0.25) is 0 Å². The summed E-state index contributed by atoms with van der Waals surface area (Å²) in [5, 5.41) is 0. The molecule has 0 spiro atoms. The Kier molecular flexibility index (Phi) is 3.02. The fourth-order valence-corrected chi connectivity index (χ4v) is 2.04. The molecule has 1 fully saturated rings. The molecule has 1 aliphatic heterocycles. The summed E-state index contributed by atoms with van der Waals surface area (Å²) in [6.45, 7) is 1.26. The number of benzene rings is 1. The highest BCUT2D eigenvalue weighted by molar-refractivity contribution is 5.78. The molecule has 1 saturated heterocycles. The van der Waals surface area contributed by atoms with Gasteiger partial charge in [0.25, 0.3) is 0 Å². The van der Waals surface area contributed by atoms with E-state index in [9.17, 15) is 4.79 Å². The van der Waals surface area contributed by atoms with Gasteiger partial charge in [0.2, 0.25) is 5.91 Å². The third-order valence-electron chi connectivity index (χ3n) is 2.92. The van der Waals surface area contributed by atoms with Crippen LogP contribution in [0.25, 0.3) is 0 Å². The zero-order chi connectivity index (χ0) is 10.7. The van der Waals surface area contributed by atoms with E-state index in [4.69, 9.17) is 5.73 Å². The van der Waals surface area contributed by atoms with Crippen molar-refractivity contribution in [1.82, 2.24) is 4.90 Å². The van der Waals surface area contributed by atoms with E-state index in [1.807, 2.05) is 35.2 Å². The maximum absolute atomic E-state index is 11.6. The number of rotatable bonds is 3. The molecule has 0 radical (unpaired) electrons. The van der Waals surface area contributed by atoms with Crippen LogP contribution in [-0.2, 0) is 11.3 Å². The predicted octanol–water partition coefficient (Wildman–Crippen LogP) is 1.14. The van der Waals surface area contributed by atoms with Gasteiger partial charge in [-0.3, -0.25) is 4.79 Å². The summed E-state index contributed by atoms with van der Waals surface area (Å²) in [6, 6.07) is 10.3. The molecule has 2 rings (SSSR count). The number of amides is 1. The lowest BCUT2D eigenvalue weighted by atomic mass is 10.2. The van der Waals surface area contributed by atoms with Gasteiger partial charge in [0, 0.05) is 25.6 Å². The zero-order valence-electron chi connectivity index (χ0n) is 8.73. The molecule has 1 aromatic rings. The average molecular weight is 204 g/mol. The molecule has 1 aliphatic rings. The fourth-order valence-electron chi connectivity index (χ4n) is 2.04. The first-order valence-corrected chi connectivity index (χ1v) is 5.34. The molecule has 15 heavy (non-hydrogen) atoms. The van der Waals surface area contributed by atoms with Gasteiger partial charge < -0.3 is 10.6 Å². The van der Waals surface area contributed by atoms with E-state index in [1.54, 1.807) is 0 Å². The van der Waals surface area contributed by atoms with Gasteiger partial charge >= 0.3 is 0 Å². The number of carbonyl (C=O) groups excluding carboxylic acids is 1. The smallest absolute Gasteiger partial charge is 0.223 e. The summed E-state index contributed by atoms with van der Waals surface area (Å²) in [6.07, 6.45) is 1.55. The van der Waals surface area contributed by atoms with Gasteiger partial charge in [-0.1, -0.05) is 30.3 Å². The van der Waals surface area contributed by atoms with Gasteiger partial charge in [-0.2, -0.15) is 0 Å². The van der Waals surface area contributed by atoms with Gasteiger partial charge in [-0.05, 0) is 12.0 Å². The first kappa shape index (κ1) is 10.2. The molecule has 1 amide bonds. The summed E-state index contributed by atoms with van der Waals surface area (Å²) in [5.41, 5.74) is 6.82. The number of hydrogen-bond acceptors (Lipinski definition) is 2. The highest BCUT2D eigenvalue weighted by Crippen LogP contribution is 2.20. The Labute approximate surface area is 89.9 Å². The SMILES string of the molecule is NCC1CCC(=O)N1Cc1ccccc1. The van der Waals surface area contributed by atoms with Crippen molar-refractivity contribution in [2.24, 2.45) is 5.73 Å². The maximum atomic E-state index is 11.6. The molecule has 1 atom stereocenters. The van der Waals surface area contributed by atoms with Crippen molar-refractivity contribution in [2.75, 3.05) is 6.54 Å². The highest BCUT2D eigenvalue weighted by Gasteiger charge is 2.29. The molecule has 2 N–H and O–H groups in total. The van der Waals surface area contributed by atoms with Gasteiger partial charge in [0.15, 0.2) is 0 Å². The van der Waals surface area contributed by atoms with Crippen LogP contribution in [0.3, 0.4) is 0 Å². The monoisotopic (exact) mass is 204 g/mol. The van der Waals surface area contributed by atoms with Crippen LogP contribution in [-0.4, -0.2) is 23.4 Å². The van der Waals surface area contributed by atoms with Gasteiger partial charge in [0.05, 0.1) is 0 Å². The van der Waals surface area contributed by atoms with E-state index in [-0.39, 0.29) is 11.9 Å². The second kappa shape index (κ2) is 4.45. The lowest BCUT2D eigenvalue weighted by molar-refractivity contribution is -0.129. The molecule has 1 unspecified atom stereocenters. The third-order valence-corrected chi connectivity index (χ3v) is 2.92. The van der Waals surface area contributed by atoms with Crippen LogP contribution in [0, 0.1) is 0 Å². The zero-order valence-corrected chi connectivity index (χ0v) is 8.73. The van der Waals surface area contributed by atoms with Crippen molar-refractivity contribution in [1.29, 1.82) is 0 Å². The van der Waals surface area contributed by atoms with Gasteiger partial charge in [-0.25, -0.2) is 0 Å². The minimum Gasteiger partial charge on any atom is -0.334 e. The molecule has 3 nitrogen and oxygen atoms in total. The second-order valence-corrected chi connectivity index (χ2v) is 3.94. The molecule has 0 aliphatic carbocycles. The van der Waals surface area contributed by atoms with E-state index >= 15 is 0 Å². The van der Waals surface area contributed by atoms with Crippen LogP contribution < -0.4 is 5.73 Å². The topological polar surface area (TPSA) is 46.3 Å². The molecule has 3 heteroatoms. The van der Waals surface area contributed by atoms with E-state index in [1.165, 1.54) is 5.56 Å². The lowest BCUT2D eigenvalue weighted by Crippen LogP contribution is -2.37. The van der Waals surface area contributed by atoms with Gasteiger partial charge in [0.1, 0.15) is 0 Å². The van der Waals surface area contributed by atoms with Gasteiger partial charge in [-0.15, -0.1) is 0 Å². The Hall–Kier alpha value is -1.35. The minimum atomic E-state index is 0.231. The summed E-state index contributed by atoms with van der Waals surface area (Å²) in [4.78, 5) is 13.5. The van der Waals surface area contributed by atoms with Crippen LogP contribution in [0.5, 0.6) is 0 Å². The predicted molar refractivity (Wildman–Crippen MR) is 59.1 cm³/mol. The maximum Gasteiger partial charge on any atom is 0.223 e. The molecule has 0 aromatic heterocycles. The second-order valence-electron chi connectivity index (χ2n) is 3.94. The van der Waals surface area contributed by atoms with Crippen LogP contribution >= 0.6 is 0 Å². The molecular formula is C12H16N2O. The molecule has 0 saturated carbocycles. The van der Waals surface area contributed by atoms with E-state index in [2.05, 4.69) is 0 Å².